The third kappa shape index (κ3) is 2.65. The van der Waals surface area contributed by atoms with Crippen LogP contribution in [0.1, 0.15) is 25.3 Å². The summed E-state index contributed by atoms with van der Waals surface area (Å²) in [5.41, 5.74) is 3.28. The van der Waals surface area contributed by atoms with Gasteiger partial charge in [0.05, 0.1) is 11.8 Å². The lowest BCUT2D eigenvalue weighted by atomic mass is 9.89. The van der Waals surface area contributed by atoms with Gasteiger partial charge in [0.15, 0.2) is 0 Å². The van der Waals surface area contributed by atoms with Crippen molar-refractivity contribution in [2.75, 3.05) is 11.9 Å². The summed E-state index contributed by atoms with van der Waals surface area (Å²) in [4.78, 5) is 0. The normalized spacial score (nSPS) is 21.5. The highest BCUT2D eigenvalue weighted by atomic mass is 16.5. The second-order valence-electron chi connectivity index (χ2n) is 5.15. The predicted molar refractivity (Wildman–Crippen MR) is 75.9 cm³/mol. The molecule has 6 nitrogen and oxygen atoms in total. The van der Waals surface area contributed by atoms with Crippen molar-refractivity contribution in [1.29, 1.82) is 0 Å². The predicted octanol–water partition coefficient (Wildman–Crippen LogP) is 1.95. The zero-order valence-electron chi connectivity index (χ0n) is 11.8. The largest absolute Gasteiger partial charge is 0.382 e. The number of hydrogen-bond donors (Lipinski definition) is 1. The number of hydrogen-bond acceptors (Lipinski definition) is 5. The first-order valence-corrected chi connectivity index (χ1v) is 6.98. The van der Waals surface area contributed by atoms with Gasteiger partial charge >= 0.3 is 0 Å². The second-order valence-corrected chi connectivity index (χ2v) is 5.15. The van der Waals surface area contributed by atoms with Crippen LogP contribution in [-0.4, -0.2) is 39.0 Å². The number of tetrazole rings is 1. The first kappa shape index (κ1) is 13.1. The summed E-state index contributed by atoms with van der Waals surface area (Å²) in [6.45, 7) is 4.91. The summed E-state index contributed by atoms with van der Waals surface area (Å²) in [5.74, 6) is 0. The third-order valence-electron chi connectivity index (χ3n) is 3.66. The van der Waals surface area contributed by atoms with Crippen molar-refractivity contribution in [3.05, 3.63) is 30.1 Å². The summed E-state index contributed by atoms with van der Waals surface area (Å²) in [6, 6.07) is 6.75. The molecule has 1 N–H and O–H groups in total. The van der Waals surface area contributed by atoms with Crippen molar-refractivity contribution in [2.24, 2.45) is 0 Å². The SMILES string of the molecule is CCOC1CC(Nc2ccc(-n3cnnn3)c(C)c2)C1. The Bertz CT molecular complexity index is 563. The molecule has 1 aromatic heterocycles. The zero-order valence-corrected chi connectivity index (χ0v) is 11.8. The molecule has 1 fully saturated rings. The van der Waals surface area contributed by atoms with Crippen LogP contribution in [0.3, 0.4) is 0 Å². The summed E-state index contributed by atoms with van der Waals surface area (Å²) in [7, 11) is 0. The number of nitrogens with one attached hydrogen (secondary N) is 1. The molecule has 6 heteroatoms. The topological polar surface area (TPSA) is 64.9 Å². The van der Waals surface area contributed by atoms with Gasteiger partial charge in [0.2, 0.25) is 0 Å². The molecule has 0 saturated heterocycles. The second kappa shape index (κ2) is 5.58. The number of nitrogens with zero attached hydrogens (tertiary/aromatic N) is 4. The molecule has 20 heavy (non-hydrogen) atoms. The van der Waals surface area contributed by atoms with Gasteiger partial charge in [0, 0.05) is 18.3 Å². The number of benzene rings is 1. The number of anilines is 1. The van der Waals surface area contributed by atoms with E-state index >= 15 is 0 Å². The van der Waals surface area contributed by atoms with Crippen LogP contribution in [-0.2, 0) is 4.74 Å². The lowest BCUT2D eigenvalue weighted by molar-refractivity contribution is 0.00299. The first-order valence-electron chi connectivity index (χ1n) is 6.98. The lowest BCUT2D eigenvalue weighted by Gasteiger charge is -2.36. The zero-order chi connectivity index (χ0) is 13.9. The van der Waals surface area contributed by atoms with Crippen molar-refractivity contribution in [3.8, 4) is 5.69 Å². The number of aryl methyl sites for hydroxylation is 1. The highest BCUT2D eigenvalue weighted by Gasteiger charge is 2.29. The smallest absolute Gasteiger partial charge is 0.143 e. The minimum absolute atomic E-state index is 0.430. The van der Waals surface area contributed by atoms with E-state index in [-0.39, 0.29) is 0 Å². The van der Waals surface area contributed by atoms with Gasteiger partial charge in [-0.2, -0.15) is 0 Å². The van der Waals surface area contributed by atoms with Crippen LogP contribution in [0.15, 0.2) is 24.5 Å². The molecule has 0 amide bonds. The molecule has 0 aliphatic heterocycles. The van der Waals surface area contributed by atoms with Crippen LogP contribution in [0.25, 0.3) is 5.69 Å². The van der Waals surface area contributed by atoms with Crippen LogP contribution in [0.4, 0.5) is 5.69 Å². The van der Waals surface area contributed by atoms with E-state index in [1.54, 1.807) is 11.0 Å². The number of ether oxygens (including phenoxy) is 1. The molecule has 106 valence electrons. The Morgan fingerprint density at radius 1 is 1.40 bits per heavy atom. The molecule has 1 saturated carbocycles. The van der Waals surface area contributed by atoms with Crippen molar-refractivity contribution in [1.82, 2.24) is 20.2 Å². The monoisotopic (exact) mass is 273 g/mol. The Kier molecular flexibility index (Phi) is 3.64. The van der Waals surface area contributed by atoms with E-state index < -0.39 is 0 Å². The maximum atomic E-state index is 5.57. The van der Waals surface area contributed by atoms with E-state index in [1.165, 1.54) is 0 Å². The van der Waals surface area contributed by atoms with Crippen LogP contribution < -0.4 is 5.32 Å². The molecule has 0 bridgehead atoms. The van der Waals surface area contributed by atoms with Gasteiger partial charge in [-0.1, -0.05) is 0 Å². The van der Waals surface area contributed by atoms with Gasteiger partial charge in [-0.3, -0.25) is 0 Å². The summed E-state index contributed by atoms with van der Waals surface area (Å²) < 4.78 is 7.25. The van der Waals surface area contributed by atoms with Crippen molar-refractivity contribution >= 4 is 5.69 Å². The van der Waals surface area contributed by atoms with E-state index in [2.05, 4.69) is 39.9 Å². The molecule has 0 spiro atoms. The van der Waals surface area contributed by atoms with Crippen LogP contribution >= 0.6 is 0 Å². The Balaban J connectivity index is 1.63. The number of aromatic nitrogens is 4. The summed E-state index contributed by atoms with van der Waals surface area (Å²) >= 11 is 0. The van der Waals surface area contributed by atoms with Crippen LogP contribution in [0.2, 0.25) is 0 Å². The Labute approximate surface area is 118 Å². The molecule has 1 aromatic carbocycles. The molecular formula is C14H19N5O. The first-order chi connectivity index (χ1) is 9.76. The van der Waals surface area contributed by atoms with E-state index in [4.69, 9.17) is 4.74 Å². The highest BCUT2D eigenvalue weighted by molar-refractivity contribution is 5.54. The molecule has 1 heterocycles. The van der Waals surface area contributed by atoms with Gasteiger partial charge in [0.25, 0.3) is 0 Å². The molecule has 2 aromatic rings. The molecular weight excluding hydrogens is 254 g/mol. The lowest BCUT2D eigenvalue weighted by Crippen LogP contribution is -2.40. The maximum Gasteiger partial charge on any atom is 0.143 e. The van der Waals surface area contributed by atoms with Crippen LogP contribution in [0, 0.1) is 6.92 Å². The maximum absolute atomic E-state index is 5.57. The highest BCUT2D eigenvalue weighted by Crippen LogP contribution is 2.27. The van der Waals surface area contributed by atoms with Crippen LogP contribution in [0.5, 0.6) is 0 Å². The Morgan fingerprint density at radius 2 is 2.25 bits per heavy atom. The fourth-order valence-electron chi connectivity index (χ4n) is 2.56. The minimum Gasteiger partial charge on any atom is -0.382 e. The van der Waals surface area contributed by atoms with E-state index in [0.717, 1.165) is 36.4 Å². The van der Waals surface area contributed by atoms with Gasteiger partial charge in [-0.25, -0.2) is 4.68 Å². The van der Waals surface area contributed by atoms with Crippen molar-refractivity contribution in [3.63, 3.8) is 0 Å². The van der Waals surface area contributed by atoms with Crippen molar-refractivity contribution < 1.29 is 4.74 Å². The fourth-order valence-corrected chi connectivity index (χ4v) is 2.56. The quantitative estimate of drug-likeness (QED) is 0.902. The fraction of sp³-hybridized carbons (Fsp3) is 0.500. The molecule has 1 aliphatic rings. The van der Waals surface area contributed by atoms with Gasteiger partial charge in [0.1, 0.15) is 6.33 Å². The molecule has 0 atom stereocenters. The van der Waals surface area contributed by atoms with Crippen molar-refractivity contribution in [2.45, 2.75) is 38.8 Å². The van der Waals surface area contributed by atoms with Gasteiger partial charge in [-0.05, 0) is 60.9 Å². The minimum atomic E-state index is 0.430. The molecule has 0 radical (unpaired) electrons. The molecule has 0 unspecified atom stereocenters. The average Bonchev–Trinajstić information content (AvgIpc) is 2.90. The standard InChI is InChI=1S/C14H19N5O/c1-3-20-13-7-12(8-13)16-11-4-5-14(10(2)6-11)19-9-15-17-18-19/h4-6,9,12-13,16H,3,7-8H2,1-2H3. The van der Waals surface area contributed by atoms with E-state index in [1.807, 2.05) is 13.0 Å². The average molecular weight is 273 g/mol. The van der Waals surface area contributed by atoms with Gasteiger partial charge in [-0.15, -0.1) is 5.10 Å². The van der Waals surface area contributed by atoms with E-state index in [9.17, 15) is 0 Å². The molecule has 3 rings (SSSR count). The third-order valence-corrected chi connectivity index (χ3v) is 3.66. The van der Waals surface area contributed by atoms with Gasteiger partial charge < -0.3 is 10.1 Å². The Hall–Kier alpha value is -1.95. The summed E-state index contributed by atoms with van der Waals surface area (Å²) in [5, 5.41) is 14.8. The summed E-state index contributed by atoms with van der Waals surface area (Å²) in [6.07, 6.45) is 4.20. The number of rotatable bonds is 5. The Morgan fingerprint density at radius 3 is 2.90 bits per heavy atom. The van der Waals surface area contributed by atoms with E-state index in [0.29, 0.717) is 12.1 Å². The molecule has 1 aliphatic carbocycles.